The van der Waals surface area contributed by atoms with Crippen LogP contribution in [0.4, 0.5) is 5.69 Å². The fourth-order valence-electron chi connectivity index (χ4n) is 5.82. The van der Waals surface area contributed by atoms with E-state index in [1.54, 1.807) is 33.5 Å². The molecule has 2 atom stereocenters. The number of hydrogen-bond donors (Lipinski definition) is 3. The molecule has 9 heteroatoms. The van der Waals surface area contributed by atoms with Gasteiger partial charge in [0.05, 0.1) is 33.1 Å². The lowest BCUT2D eigenvalue weighted by atomic mass is 9.95. The van der Waals surface area contributed by atoms with Gasteiger partial charge in [-0.25, -0.2) is 0 Å². The van der Waals surface area contributed by atoms with Gasteiger partial charge in [-0.05, 0) is 72.1 Å². The van der Waals surface area contributed by atoms with Gasteiger partial charge in [0.2, 0.25) is 23.0 Å². The molecule has 0 aliphatic heterocycles. The summed E-state index contributed by atoms with van der Waals surface area (Å²) in [5.74, 6) is 1.30. The van der Waals surface area contributed by atoms with Crippen molar-refractivity contribution in [2.75, 3.05) is 33.2 Å². The van der Waals surface area contributed by atoms with Gasteiger partial charge in [0.1, 0.15) is 6.04 Å². The van der Waals surface area contributed by atoms with Gasteiger partial charge in [0.25, 0.3) is 0 Å². The number of rotatable bonds is 12. The molecule has 44 heavy (non-hydrogen) atoms. The van der Waals surface area contributed by atoms with E-state index in [1.165, 1.54) is 6.92 Å². The average Bonchev–Trinajstić information content (AvgIpc) is 3.24. The minimum atomic E-state index is -0.613. The molecule has 1 aliphatic rings. The Bertz CT molecular complexity index is 1540. The Kier molecular flexibility index (Phi) is 10.9. The minimum Gasteiger partial charge on any atom is -0.493 e. The first-order chi connectivity index (χ1) is 21.2. The molecule has 3 aromatic rings. The first-order valence-electron chi connectivity index (χ1n) is 15.0. The second-order valence-electron chi connectivity index (χ2n) is 11.4. The van der Waals surface area contributed by atoms with Crippen molar-refractivity contribution in [3.05, 3.63) is 81.5 Å². The Labute approximate surface area is 259 Å². The van der Waals surface area contributed by atoms with E-state index in [4.69, 9.17) is 14.2 Å². The molecule has 234 valence electrons. The summed E-state index contributed by atoms with van der Waals surface area (Å²) in [6, 6.07) is 16.0. The SMILES string of the molecule is COc1cc2c(c(OC)c1OC)-c1ccc(NC(CC(C)C)C(=O)NCCc3ccccc3)c(=O)cc1C(NC(C)=O)CC2. The number of carbonyl (C=O) groups is 2. The van der Waals surface area contributed by atoms with Crippen molar-refractivity contribution in [3.8, 4) is 28.4 Å². The van der Waals surface area contributed by atoms with Crippen LogP contribution in [0.5, 0.6) is 17.2 Å². The van der Waals surface area contributed by atoms with Crippen molar-refractivity contribution < 1.29 is 23.8 Å². The molecule has 0 aromatic heterocycles. The highest BCUT2D eigenvalue weighted by atomic mass is 16.5. The second-order valence-corrected chi connectivity index (χ2v) is 11.4. The van der Waals surface area contributed by atoms with Crippen LogP contribution in [-0.4, -0.2) is 45.7 Å². The predicted molar refractivity (Wildman–Crippen MR) is 173 cm³/mol. The van der Waals surface area contributed by atoms with Crippen molar-refractivity contribution in [3.63, 3.8) is 0 Å². The molecule has 3 N–H and O–H groups in total. The summed E-state index contributed by atoms with van der Waals surface area (Å²) in [5.41, 5.74) is 4.25. The number of benzene rings is 2. The highest BCUT2D eigenvalue weighted by Gasteiger charge is 2.30. The molecular formula is C35H43N3O6. The molecule has 1 aliphatic carbocycles. The van der Waals surface area contributed by atoms with Crippen LogP contribution in [0.2, 0.25) is 0 Å². The van der Waals surface area contributed by atoms with Gasteiger partial charge in [-0.3, -0.25) is 14.4 Å². The smallest absolute Gasteiger partial charge is 0.242 e. The molecule has 4 rings (SSSR count). The van der Waals surface area contributed by atoms with E-state index in [-0.39, 0.29) is 23.2 Å². The standard InChI is InChI=1S/C35H43N3O6/c1-21(2)18-29(35(41)36-17-16-23-10-8-7-9-11-23)38-28-15-13-25-26(20-30(28)40)27(37-22(3)39)14-12-24-19-31(42-4)33(43-5)34(44-6)32(24)25/h7-11,13,15,19-21,27,29H,12,14,16-18H2,1-6H3,(H,36,41)(H,37,39)(H,38,40). The van der Waals surface area contributed by atoms with E-state index < -0.39 is 12.1 Å². The summed E-state index contributed by atoms with van der Waals surface area (Å²) in [7, 11) is 4.68. The summed E-state index contributed by atoms with van der Waals surface area (Å²) in [5, 5.41) is 9.31. The molecule has 0 saturated heterocycles. The fraction of sp³-hybridized carbons (Fsp3) is 0.400. The summed E-state index contributed by atoms with van der Waals surface area (Å²) in [6.07, 6.45) is 2.41. The van der Waals surface area contributed by atoms with Crippen LogP contribution in [0.25, 0.3) is 11.1 Å². The topological polar surface area (TPSA) is 115 Å². The lowest BCUT2D eigenvalue weighted by Crippen LogP contribution is -2.42. The zero-order valence-corrected chi connectivity index (χ0v) is 26.4. The Balaban J connectivity index is 1.76. The molecule has 9 nitrogen and oxygen atoms in total. The number of carbonyl (C=O) groups excluding carboxylic acids is 2. The van der Waals surface area contributed by atoms with Gasteiger partial charge in [0, 0.05) is 19.0 Å². The number of nitrogens with one attached hydrogen (secondary N) is 3. The van der Waals surface area contributed by atoms with Gasteiger partial charge in [0.15, 0.2) is 11.5 Å². The van der Waals surface area contributed by atoms with Crippen LogP contribution < -0.4 is 35.6 Å². The summed E-state index contributed by atoms with van der Waals surface area (Å²) < 4.78 is 17.1. The highest BCUT2D eigenvalue weighted by molar-refractivity contribution is 5.86. The Hall–Kier alpha value is -4.53. The quantitative estimate of drug-likeness (QED) is 0.266. The van der Waals surface area contributed by atoms with Crippen molar-refractivity contribution in [1.82, 2.24) is 10.6 Å². The van der Waals surface area contributed by atoms with Gasteiger partial charge >= 0.3 is 0 Å². The van der Waals surface area contributed by atoms with E-state index >= 15 is 0 Å². The van der Waals surface area contributed by atoms with Crippen molar-refractivity contribution >= 4 is 17.5 Å². The number of aryl methyl sites for hydroxylation is 1. The van der Waals surface area contributed by atoms with Gasteiger partial charge in [-0.15, -0.1) is 0 Å². The second kappa shape index (κ2) is 14.8. The largest absolute Gasteiger partial charge is 0.493 e. The maximum Gasteiger partial charge on any atom is 0.242 e. The van der Waals surface area contributed by atoms with E-state index in [2.05, 4.69) is 16.0 Å². The number of anilines is 1. The minimum absolute atomic E-state index is 0.165. The lowest BCUT2D eigenvalue weighted by molar-refractivity contribution is -0.122. The van der Waals surface area contributed by atoms with Crippen LogP contribution in [0.15, 0.2) is 59.4 Å². The normalized spacial score (nSPS) is 14.4. The van der Waals surface area contributed by atoms with Crippen LogP contribution in [0, 0.1) is 5.92 Å². The van der Waals surface area contributed by atoms with Gasteiger partial charge < -0.3 is 30.2 Å². The van der Waals surface area contributed by atoms with E-state index in [0.29, 0.717) is 60.7 Å². The molecule has 0 radical (unpaired) electrons. The molecular weight excluding hydrogens is 558 g/mol. The van der Waals surface area contributed by atoms with Gasteiger partial charge in [-0.1, -0.05) is 50.2 Å². The molecule has 0 heterocycles. The maximum absolute atomic E-state index is 13.8. The maximum atomic E-state index is 13.8. The number of methoxy groups -OCH3 is 3. The number of ether oxygens (including phenoxy) is 3. The fourth-order valence-corrected chi connectivity index (χ4v) is 5.82. The molecule has 3 aromatic carbocycles. The highest BCUT2D eigenvalue weighted by Crippen LogP contribution is 2.50. The predicted octanol–water partition coefficient (Wildman–Crippen LogP) is 5.05. The first-order valence-corrected chi connectivity index (χ1v) is 15.0. The molecule has 0 bridgehead atoms. The Morgan fingerprint density at radius 2 is 1.68 bits per heavy atom. The Morgan fingerprint density at radius 3 is 2.32 bits per heavy atom. The summed E-state index contributed by atoms with van der Waals surface area (Å²) in [6.45, 7) is 6.03. The molecule has 0 saturated carbocycles. The zero-order valence-electron chi connectivity index (χ0n) is 26.4. The molecule has 0 spiro atoms. The third-order valence-corrected chi connectivity index (χ3v) is 7.83. The van der Waals surface area contributed by atoms with Crippen LogP contribution >= 0.6 is 0 Å². The third kappa shape index (κ3) is 7.51. The molecule has 2 amide bonds. The lowest BCUT2D eigenvalue weighted by Gasteiger charge is -2.20. The average molecular weight is 602 g/mol. The van der Waals surface area contributed by atoms with Crippen molar-refractivity contribution in [2.45, 2.75) is 58.5 Å². The van der Waals surface area contributed by atoms with Crippen LogP contribution in [0.3, 0.4) is 0 Å². The summed E-state index contributed by atoms with van der Waals surface area (Å²) >= 11 is 0. The number of amides is 2. The van der Waals surface area contributed by atoms with Crippen LogP contribution in [-0.2, 0) is 22.4 Å². The van der Waals surface area contributed by atoms with Crippen LogP contribution in [0.1, 0.15) is 56.3 Å². The number of fused-ring (bicyclic) bond motifs is 3. The van der Waals surface area contributed by atoms with Crippen molar-refractivity contribution in [1.29, 1.82) is 0 Å². The summed E-state index contributed by atoms with van der Waals surface area (Å²) in [4.78, 5) is 39.4. The van der Waals surface area contributed by atoms with E-state index in [0.717, 1.165) is 22.3 Å². The van der Waals surface area contributed by atoms with Crippen molar-refractivity contribution in [2.24, 2.45) is 5.92 Å². The number of hydrogen-bond acceptors (Lipinski definition) is 7. The van der Waals surface area contributed by atoms with E-state index in [1.807, 2.05) is 56.3 Å². The third-order valence-electron chi connectivity index (χ3n) is 7.83. The monoisotopic (exact) mass is 601 g/mol. The molecule has 0 fully saturated rings. The molecule has 2 unspecified atom stereocenters. The Morgan fingerprint density at radius 1 is 0.955 bits per heavy atom. The first kappa shape index (κ1) is 32.4. The van der Waals surface area contributed by atoms with Gasteiger partial charge in [-0.2, -0.15) is 0 Å². The zero-order chi connectivity index (χ0) is 31.8. The van der Waals surface area contributed by atoms with E-state index in [9.17, 15) is 14.4 Å².